The van der Waals surface area contributed by atoms with Crippen LogP contribution >= 0.6 is 0 Å². The molecule has 0 aliphatic carbocycles. The van der Waals surface area contributed by atoms with Crippen LogP contribution in [0.2, 0.25) is 0 Å². The monoisotopic (exact) mass is 321 g/mol. The van der Waals surface area contributed by atoms with Crippen LogP contribution < -0.4 is 10.6 Å². The van der Waals surface area contributed by atoms with Crippen LogP contribution in [-0.2, 0) is 6.18 Å². The van der Waals surface area contributed by atoms with Gasteiger partial charge in [-0.25, -0.2) is 4.98 Å². The molecule has 4 nitrogen and oxygen atoms in total. The highest BCUT2D eigenvalue weighted by atomic mass is 19.4. The van der Waals surface area contributed by atoms with Crippen molar-refractivity contribution in [2.45, 2.75) is 6.18 Å². The van der Waals surface area contributed by atoms with Crippen LogP contribution in [0.15, 0.2) is 55.3 Å². The van der Waals surface area contributed by atoms with E-state index in [2.05, 4.69) is 22.2 Å². The number of halogens is 3. The van der Waals surface area contributed by atoms with Crippen molar-refractivity contribution in [3.05, 3.63) is 66.5 Å². The number of nitrogens with one attached hydrogen (secondary N) is 2. The molecule has 0 fully saturated rings. The zero-order chi connectivity index (χ0) is 16.9. The number of hydrogen-bond acceptors (Lipinski definition) is 3. The smallest absolute Gasteiger partial charge is 0.380 e. The van der Waals surface area contributed by atoms with Crippen molar-refractivity contribution < 1.29 is 18.0 Å². The van der Waals surface area contributed by atoms with Gasteiger partial charge in [-0.15, -0.1) is 6.58 Å². The van der Waals surface area contributed by atoms with E-state index >= 15 is 0 Å². The molecule has 1 aromatic carbocycles. The summed E-state index contributed by atoms with van der Waals surface area (Å²) >= 11 is 0. The fraction of sp³-hybridized carbons (Fsp3) is 0.125. The Hall–Kier alpha value is -2.83. The SMILES string of the molecule is C=CCNc1ccc(C(=O)Nc2ccccc2C(F)(F)F)nc1. The van der Waals surface area contributed by atoms with Gasteiger partial charge in [0.2, 0.25) is 0 Å². The molecule has 0 bridgehead atoms. The molecule has 2 rings (SSSR count). The number of carbonyl (C=O) groups excluding carboxylic acids is 1. The molecular formula is C16H14F3N3O. The van der Waals surface area contributed by atoms with Gasteiger partial charge in [0.25, 0.3) is 5.91 Å². The quantitative estimate of drug-likeness (QED) is 0.820. The molecule has 0 radical (unpaired) electrons. The number of carbonyl (C=O) groups is 1. The van der Waals surface area contributed by atoms with E-state index in [0.29, 0.717) is 12.2 Å². The lowest BCUT2D eigenvalue weighted by Gasteiger charge is -2.13. The number of aromatic nitrogens is 1. The fourth-order valence-corrected chi connectivity index (χ4v) is 1.85. The predicted octanol–water partition coefficient (Wildman–Crippen LogP) is 3.95. The maximum absolute atomic E-state index is 12.9. The van der Waals surface area contributed by atoms with Gasteiger partial charge in [-0.2, -0.15) is 13.2 Å². The number of nitrogens with zero attached hydrogens (tertiary/aromatic N) is 1. The second-order valence-corrected chi connectivity index (χ2v) is 4.60. The Bertz CT molecular complexity index is 696. The van der Waals surface area contributed by atoms with Crippen LogP contribution in [0.25, 0.3) is 0 Å². The number of hydrogen-bond donors (Lipinski definition) is 2. The van der Waals surface area contributed by atoms with Gasteiger partial charge in [0.15, 0.2) is 0 Å². The van der Waals surface area contributed by atoms with Crippen molar-refractivity contribution in [2.24, 2.45) is 0 Å². The fourth-order valence-electron chi connectivity index (χ4n) is 1.85. The van der Waals surface area contributed by atoms with E-state index in [1.165, 1.54) is 30.5 Å². The number of amides is 1. The molecule has 0 unspecified atom stereocenters. The third-order valence-electron chi connectivity index (χ3n) is 2.93. The first-order valence-corrected chi connectivity index (χ1v) is 6.70. The lowest BCUT2D eigenvalue weighted by molar-refractivity contribution is -0.136. The number of pyridine rings is 1. The molecule has 0 saturated carbocycles. The van der Waals surface area contributed by atoms with Crippen LogP contribution in [0, 0.1) is 0 Å². The summed E-state index contributed by atoms with van der Waals surface area (Å²) in [7, 11) is 0. The van der Waals surface area contributed by atoms with Gasteiger partial charge in [-0.05, 0) is 24.3 Å². The van der Waals surface area contributed by atoms with Crippen molar-refractivity contribution in [1.29, 1.82) is 0 Å². The lowest BCUT2D eigenvalue weighted by Crippen LogP contribution is -2.17. The number of benzene rings is 1. The minimum absolute atomic E-state index is 0.0196. The lowest BCUT2D eigenvalue weighted by atomic mass is 10.1. The Morgan fingerprint density at radius 1 is 1.22 bits per heavy atom. The number of para-hydroxylation sites is 1. The molecule has 120 valence electrons. The Balaban J connectivity index is 2.15. The van der Waals surface area contributed by atoms with Crippen LogP contribution in [0.5, 0.6) is 0 Å². The van der Waals surface area contributed by atoms with Crippen molar-refractivity contribution in [3.63, 3.8) is 0 Å². The zero-order valence-corrected chi connectivity index (χ0v) is 12.0. The van der Waals surface area contributed by atoms with E-state index in [-0.39, 0.29) is 11.4 Å². The minimum Gasteiger partial charge on any atom is -0.380 e. The van der Waals surface area contributed by atoms with Crippen LogP contribution in [0.3, 0.4) is 0 Å². The molecule has 0 spiro atoms. The highest BCUT2D eigenvalue weighted by Crippen LogP contribution is 2.34. The summed E-state index contributed by atoms with van der Waals surface area (Å²) in [5, 5.41) is 5.22. The molecule has 1 heterocycles. The van der Waals surface area contributed by atoms with E-state index in [1.54, 1.807) is 12.1 Å². The molecule has 7 heteroatoms. The normalized spacial score (nSPS) is 10.9. The maximum atomic E-state index is 12.9. The van der Waals surface area contributed by atoms with Crippen LogP contribution in [0.1, 0.15) is 16.1 Å². The topological polar surface area (TPSA) is 54.0 Å². The minimum atomic E-state index is -4.55. The molecule has 23 heavy (non-hydrogen) atoms. The zero-order valence-electron chi connectivity index (χ0n) is 12.0. The summed E-state index contributed by atoms with van der Waals surface area (Å²) in [5.41, 5.74) is -0.512. The third kappa shape index (κ3) is 4.32. The first-order valence-electron chi connectivity index (χ1n) is 6.70. The standard InChI is InChI=1S/C16H14F3N3O/c1-2-9-20-11-7-8-14(21-10-11)15(23)22-13-6-4-3-5-12(13)16(17,18)19/h2-8,10,20H,1,9H2,(H,22,23). The number of rotatable bonds is 5. The van der Waals surface area contributed by atoms with Gasteiger partial charge in [-0.3, -0.25) is 4.79 Å². The number of anilines is 2. The largest absolute Gasteiger partial charge is 0.418 e. The Kier molecular flexibility index (Phi) is 5.00. The molecule has 0 aliphatic rings. The van der Waals surface area contributed by atoms with E-state index in [4.69, 9.17) is 0 Å². The van der Waals surface area contributed by atoms with E-state index in [9.17, 15) is 18.0 Å². The summed E-state index contributed by atoms with van der Waals surface area (Å²) in [6, 6.07) is 7.82. The molecule has 1 amide bonds. The summed E-state index contributed by atoms with van der Waals surface area (Å²) in [6.07, 6.45) is -1.46. The van der Waals surface area contributed by atoms with Gasteiger partial charge >= 0.3 is 6.18 Å². The Morgan fingerprint density at radius 2 is 1.96 bits per heavy atom. The Labute approximate surface area is 131 Å². The summed E-state index contributed by atoms with van der Waals surface area (Å²) < 4.78 is 38.7. The van der Waals surface area contributed by atoms with Crippen molar-refractivity contribution in [2.75, 3.05) is 17.2 Å². The molecule has 1 aromatic heterocycles. The van der Waals surface area contributed by atoms with Crippen molar-refractivity contribution in [1.82, 2.24) is 4.98 Å². The average Bonchev–Trinajstić information content (AvgIpc) is 2.53. The molecule has 0 aliphatic heterocycles. The van der Waals surface area contributed by atoms with E-state index in [0.717, 1.165) is 6.07 Å². The average molecular weight is 321 g/mol. The van der Waals surface area contributed by atoms with Crippen molar-refractivity contribution in [3.8, 4) is 0 Å². The highest BCUT2D eigenvalue weighted by molar-refractivity contribution is 6.03. The maximum Gasteiger partial charge on any atom is 0.418 e. The number of alkyl halides is 3. The first-order chi connectivity index (χ1) is 10.9. The van der Waals surface area contributed by atoms with Crippen LogP contribution in [-0.4, -0.2) is 17.4 Å². The van der Waals surface area contributed by atoms with E-state index in [1.807, 2.05) is 0 Å². The van der Waals surface area contributed by atoms with Gasteiger partial charge in [0, 0.05) is 6.54 Å². The second-order valence-electron chi connectivity index (χ2n) is 4.60. The van der Waals surface area contributed by atoms with Crippen LogP contribution in [0.4, 0.5) is 24.5 Å². The van der Waals surface area contributed by atoms with Gasteiger partial charge in [-0.1, -0.05) is 18.2 Å². The summed E-state index contributed by atoms with van der Waals surface area (Å²) in [5.74, 6) is -0.711. The molecular weight excluding hydrogens is 307 g/mol. The highest BCUT2D eigenvalue weighted by Gasteiger charge is 2.33. The summed E-state index contributed by atoms with van der Waals surface area (Å²) in [6.45, 7) is 4.09. The third-order valence-corrected chi connectivity index (χ3v) is 2.93. The Morgan fingerprint density at radius 3 is 2.57 bits per heavy atom. The van der Waals surface area contributed by atoms with Gasteiger partial charge in [0.05, 0.1) is 23.1 Å². The summed E-state index contributed by atoms with van der Waals surface area (Å²) in [4.78, 5) is 16.0. The van der Waals surface area contributed by atoms with Gasteiger partial charge < -0.3 is 10.6 Å². The second kappa shape index (κ2) is 6.95. The van der Waals surface area contributed by atoms with E-state index < -0.39 is 17.6 Å². The van der Waals surface area contributed by atoms with Gasteiger partial charge in [0.1, 0.15) is 5.69 Å². The molecule has 2 aromatic rings. The predicted molar refractivity (Wildman–Crippen MR) is 82.3 cm³/mol. The molecule has 0 atom stereocenters. The van der Waals surface area contributed by atoms with Crippen molar-refractivity contribution >= 4 is 17.3 Å². The molecule has 2 N–H and O–H groups in total. The molecule has 0 saturated heterocycles. The first kappa shape index (κ1) is 16.5.